The molecular formula is C22H23NO4S. The number of hydrogen-bond donors (Lipinski definition) is 2. The maximum atomic E-state index is 13.0. The molecule has 6 heteroatoms. The van der Waals surface area contributed by atoms with Gasteiger partial charge in [-0.25, -0.2) is 0 Å². The number of aromatic hydroxyl groups is 1. The van der Waals surface area contributed by atoms with Crippen LogP contribution >= 0.6 is 11.8 Å². The first-order valence-corrected chi connectivity index (χ1v) is 9.82. The zero-order chi connectivity index (χ0) is 20.4. The fourth-order valence-electron chi connectivity index (χ4n) is 3.36. The van der Waals surface area contributed by atoms with E-state index in [2.05, 4.69) is 5.32 Å². The number of ketones is 2. The molecule has 0 heterocycles. The fourth-order valence-corrected chi connectivity index (χ4v) is 4.42. The summed E-state index contributed by atoms with van der Waals surface area (Å²) in [6.07, 6.45) is 0.492. The molecule has 3 rings (SSSR count). The van der Waals surface area contributed by atoms with Crippen molar-refractivity contribution in [2.45, 2.75) is 30.1 Å². The van der Waals surface area contributed by atoms with E-state index >= 15 is 0 Å². The molecule has 146 valence electrons. The number of rotatable bonds is 6. The number of benzene rings is 2. The first kappa shape index (κ1) is 20.2. The average Bonchev–Trinajstić information content (AvgIpc) is 2.71. The molecule has 0 fully saturated rings. The molecule has 0 saturated heterocycles. The van der Waals surface area contributed by atoms with Crippen molar-refractivity contribution in [3.8, 4) is 5.75 Å². The van der Waals surface area contributed by atoms with E-state index in [-0.39, 0.29) is 28.4 Å². The first-order chi connectivity index (χ1) is 13.4. The van der Waals surface area contributed by atoms with Crippen molar-refractivity contribution in [1.82, 2.24) is 0 Å². The van der Waals surface area contributed by atoms with E-state index in [1.54, 1.807) is 28.0 Å². The molecule has 0 radical (unpaired) electrons. The van der Waals surface area contributed by atoms with Crippen LogP contribution in [-0.2, 0) is 11.2 Å². The molecule has 5 nitrogen and oxygen atoms in total. The van der Waals surface area contributed by atoms with Crippen LogP contribution in [0.5, 0.6) is 5.75 Å². The summed E-state index contributed by atoms with van der Waals surface area (Å²) in [7, 11) is 3.32. The van der Waals surface area contributed by atoms with E-state index in [1.165, 1.54) is 11.8 Å². The van der Waals surface area contributed by atoms with Crippen LogP contribution < -0.4 is 5.32 Å². The second-order valence-electron chi connectivity index (χ2n) is 6.60. The van der Waals surface area contributed by atoms with Crippen LogP contribution in [0.1, 0.15) is 40.1 Å². The number of phenolic OH excluding ortho intramolecular Hbond substituents is 1. The number of carbonyl (C=O) groups is 2. The highest BCUT2D eigenvalue weighted by molar-refractivity contribution is 7.99. The molecule has 1 aliphatic carbocycles. The lowest BCUT2D eigenvalue weighted by Crippen LogP contribution is -2.23. The van der Waals surface area contributed by atoms with Crippen LogP contribution in [0.4, 0.5) is 5.69 Å². The molecular weight excluding hydrogens is 374 g/mol. The largest absolute Gasteiger partial charge is 0.506 e. The normalized spacial score (nSPS) is 13.7. The Balaban J connectivity index is 2.31. The zero-order valence-electron chi connectivity index (χ0n) is 16.4. The summed E-state index contributed by atoms with van der Waals surface area (Å²) >= 11 is 1.37. The maximum absolute atomic E-state index is 13.0. The Bertz CT molecular complexity index is 980. The minimum absolute atomic E-state index is 0.0806. The summed E-state index contributed by atoms with van der Waals surface area (Å²) in [6, 6.07) is 9.61. The van der Waals surface area contributed by atoms with Crippen molar-refractivity contribution in [3.05, 3.63) is 58.2 Å². The van der Waals surface area contributed by atoms with Crippen LogP contribution in [0.2, 0.25) is 0 Å². The van der Waals surface area contributed by atoms with E-state index in [1.807, 2.05) is 30.3 Å². The van der Waals surface area contributed by atoms with Gasteiger partial charge in [0.25, 0.3) is 0 Å². The Hall–Kier alpha value is -2.57. The molecule has 2 aromatic rings. The summed E-state index contributed by atoms with van der Waals surface area (Å²) in [5, 5.41) is 14.2. The summed E-state index contributed by atoms with van der Waals surface area (Å²) in [5.41, 5.74) is 2.45. The Kier molecular flexibility index (Phi) is 5.91. The van der Waals surface area contributed by atoms with Crippen LogP contribution in [0.15, 0.2) is 51.3 Å². The van der Waals surface area contributed by atoms with Crippen molar-refractivity contribution < 1.29 is 19.4 Å². The number of methoxy groups -OCH3 is 1. The van der Waals surface area contributed by atoms with E-state index in [4.69, 9.17) is 4.74 Å². The summed E-state index contributed by atoms with van der Waals surface area (Å²) in [6.45, 7) is 3.70. The van der Waals surface area contributed by atoms with Gasteiger partial charge in [-0.05, 0) is 38.0 Å². The second-order valence-corrected chi connectivity index (χ2v) is 7.68. The van der Waals surface area contributed by atoms with Crippen LogP contribution in [0.25, 0.3) is 0 Å². The maximum Gasteiger partial charge on any atom is 0.193 e. The molecule has 0 unspecified atom stereocenters. The van der Waals surface area contributed by atoms with Crippen molar-refractivity contribution >= 4 is 29.0 Å². The van der Waals surface area contributed by atoms with Gasteiger partial charge in [0.15, 0.2) is 11.6 Å². The smallest absolute Gasteiger partial charge is 0.193 e. The topological polar surface area (TPSA) is 75.6 Å². The Morgan fingerprint density at radius 1 is 1.04 bits per heavy atom. The highest BCUT2D eigenvalue weighted by Crippen LogP contribution is 2.47. The lowest BCUT2D eigenvalue weighted by atomic mass is 9.82. The zero-order valence-corrected chi connectivity index (χ0v) is 17.2. The van der Waals surface area contributed by atoms with E-state index in [0.717, 1.165) is 10.5 Å². The SMILES string of the molecule is CNc1c(CCOC)c(Sc2ccccc2)c(O)c2c1C(=O)C(C)=C(C)C2=O. The molecule has 0 bridgehead atoms. The molecule has 0 aromatic heterocycles. The molecule has 2 N–H and O–H groups in total. The number of carbonyl (C=O) groups excluding carboxylic acids is 2. The Labute approximate surface area is 168 Å². The van der Waals surface area contributed by atoms with E-state index in [0.29, 0.717) is 34.8 Å². The average molecular weight is 397 g/mol. The number of hydrogen-bond acceptors (Lipinski definition) is 6. The third-order valence-corrected chi connectivity index (χ3v) is 6.15. The molecule has 0 aliphatic heterocycles. The molecule has 2 aromatic carbocycles. The first-order valence-electron chi connectivity index (χ1n) is 9.00. The number of fused-ring (bicyclic) bond motifs is 1. The quantitative estimate of drug-likeness (QED) is 0.700. The number of phenols is 1. The van der Waals surface area contributed by atoms with Crippen molar-refractivity contribution in [1.29, 1.82) is 0 Å². The summed E-state index contributed by atoms with van der Waals surface area (Å²) < 4.78 is 5.24. The third-order valence-electron chi connectivity index (χ3n) is 4.99. The van der Waals surface area contributed by atoms with Gasteiger partial charge in [0.2, 0.25) is 0 Å². The Morgan fingerprint density at radius 3 is 2.21 bits per heavy atom. The summed E-state index contributed by atoms with van der Waals surface area (Å²) in [5.74, 6) is -0.685. The minimum atomic E-state index is -0.311. The molecule has 28 heavy (non-hydrogen) atoms. The highest BCUT2D eigenvalue weighted by atomic mass is 32.2. The van der Waals surface area contributed by atoms with E-state index in [9.17, 15) is 14.7 Å². The predicted octanol–water partition coefficient (Wildman–Crippen LogP) is 4.49. The van der Waals surface area contributed by atoms with Gasteiger partial charge in [-0.2, -0.15) is 0 Å². The molecule has 1 aliphatic rings. The summed E-state index contributed by atoms with van der Waals surface area (Å²) in [4.78, 5) is 27.5. The number of Topliss-reactive ketones (excluding diaryl/α,β-unsaturated/α-hetero) is 2. The van der Waals surface area contributed by atoms with Gasteiger partial charge in [-0.1, -0.05) is 30.0 Å². The lowest BCUT2D eigenvalue weighted by molar-refractivity contribution is 0.0972. The van der Waals surface area contributed by atoms with Crippen molar-refractivity contribution in [2.24, 2.45) is 0 Å². The third kappa shape index (κ3) is 3.34. The van der Waals surface area contributed by atoms with Gasteiger partial charge in [-0.3, -0.25) is 9.59 Å². The van der Waals surface area contributed by atoms with Crippen molar-refractivity contribution in [2.75, 3.05) is 26.1 Å². The van der Waals surface area contributed by atoms with Gasteiger partial charge in [0.05, 0.1) is 28.3 Å². The number of anilines is 1. The van der Waals surface area contributed by atoms with Gasteiger partial charge in [-0.15, -0.1) is 0 Å². The standard InChI is InChI=1S/C22H23NO4S/c1-12-13(2)20(25)17-16(19(12)24)18(23-3)15(10-11-27-4)22(21(17)26)28-14-8-6-5-7-9-14/h5-9,23,26H,10-11H2,1-4H3. The highest BCUT2D eigenvalue weighted by Gasteiger charge is 2.36. The van der Waals surface area contributed by atoms with Crippen LogP contribution in [-0.4, -0.2) is 37.4 Å². The van der Waals surface area contributed by atoms with Crippen LogP contribution in [0.3, 0.4) is 0 Å². The Morgan fingerprint density at radius 2 is 1.64 bits per heavy atom. The van der Waals surface area contributed by atoms with Gasteiger partial charge in [0, 0.05) is 30.2 Å². The monoisotopic (exact) mass is 397 g/mol. The van der Waals surface area contributed by atoms with Gasteiger partial charge < -0.3 is 15.2 Å². The molecule has 0 amide bonds. The van der Waals surface area contributed by atoms with Gasteiger partial charge in [0.1, 0.15) is 5.75 Å². The van der Waals surface area contributed by atoms with Crippen molar-refractivity contribution in [3.63, 3.8) is 0 Å². The van der Waals surface area contributed by atoms with Gasteiger partial charge >= 0.3 is 0 Å². The number of allylic oxidation sites excluding steroid dienone is 2. The van der Waals surface area contributed by atoms with E-state index < -0.39 is 0 Å². The minimum Gasteiger partial charge on any atom is -0.506 e. The predicted molar refractivity (Wildman–Crippen MR) is 111 cm³/mol. The second kappa shape index (κ2) is 8.20. The van der Waals surface area contributed by atoms with Crippen LogP contribution in [0, 0.1) is 0 Å². The number of nitrogens with one attached hydrogen (secondary N) is 1. The fraction of sp³-hybridized carbons (Fsp3) is 0.273. The number of ether oxygens (including phenoxy) is 1. The lowest BCUT2D eigenvalue weighted by Gasteiger charge is -2.26. The molecule has 0 spiro atoms. The molecule has 0 saturated carbocycles. The molecule has 0 atom stereocenters.